The van der Waals surface area contributed by atoms with Crippen molar-refractivity contribution in [1.29, 1.82) is 0 Å². The van der Waals surface area contributed by atoms with Crippen LogP contribution in [0.15, 0.2) is 30.5 Å². The summed E-state index contributed by atoms with van der Waals surface area (Å²) >= 11 is 0. The summed E-state index contributed by atoms with van der Waals surface area (Å²) in [7, 11) is 1.47. The number of ether oxygens (including phenoxy) is 1. The lowest BCUT2D eigenvalue weighted by Crippen LogP contribution is -2.43. The molecule has 2 heterocycles. The number of ketones is 1. The smallest absolute Gasteiger partial charge is 0.248 e. The Bertz CT molecular complexity index is 803. The number of rotatable bonds is 5. The Morgan fingerprint density at radius 3 is 2.77 bits per heavy atom. The lowest BCUT2D eigenvalue weighted by Gasteiger charge is -2.31. The molecule has 1 atom stereocenters. The van der Waals surface area contributed by atoms with Crippen LogP contribution in [0.5, 0.6) is 0 Å². The Morgan fingerprint density at radius 2 is 2.08 bits per heavy atom. The molecule has 8 heteroatoms. The molecule has 2 N–H and O–H groups in total. The van der Waals surface area contributed by atoms with Gasteiger partial charge in [-0.25, -0.2) is 9.07 Å². The van der Waals surface area contributed by atoms with Gasteiger partial charge in [0.2, 0.25) is 5.91 Å². The number of halogens is 1. The van der Waals surface area contributed by atoms with E-state index in [0.717, 1.165) is 6.42 Å². The summed E-state index contributed by atoms with van der Waals surface area (Å²) in [4.78, 5) is 26.5. The Kier molecular flexibility index (Phi) is 5.32. The Balaban J connectivity index is 1.78. The van der Waals surface area contributed by atoms with E-state index in [1.807, 2.05) is 0 Å². The van der Waals surface area contributed by atoms with Crippen LogP contribution in [0.25, 0.3) is 5.69 Å². The van der Waals surface area contributed by atoms with Gasteiger partial charge in [-0.05, 0) is 37.1 Å². The maximum absolute atomic E-state index is 13.1. The largest absolute Gasteiger partial charge is 0.383 e. The number of amides is 1. The molecule has 1 aromatic heterocycles. The molecular weight excluding hydrogens is 339 g/mol. The van der Waals surface area contributed by atoms with Crippen LogP contribution in [0.4, 0.5) is 10.2 Å². The zero-order valence-electron chi connectivity index (χ0n) is 14.5. The second-order valence-electron chi connectivity index (χ2n) is 6.31. The Morgan fingerprint density at radius 1 is 1.35 bits per heavy atom. The molecule has 2 aromatic rings. The highest BCUT2D eigenvalue weighted by atomic mass is 19.1. The number of nitrogens with zero attached hydrogens (tertiary/aromatic N) is 3. The number of hydrogen-bond acceptors (Lipinski definition) is 5. The van der Waals surface area contributed by atoms with Gasteiger partial charge in [-0.15, -0.1) is 0 Å². The molecule has 1 aromatic carbocycles. The fourth-order valence-corrected chi connectivity index (χ4v) is 3.19. The molecule has 1 saturated heterocycles. The average molecular weight is 360 g/mol. The van der Waals surface area contributed by atoms with E-state index in [4.69, 9.17) is 10.5 Å². The predicted octanol–water partition coefficient (Wildman–Crippen LogP) is 1.66. The zero-order valence-corrected chi connectivity index (χ0v) is 14.5. The molecule has 1 aliphatic heterocycles. The van der Waals surface area contributed by atoms with Crippen molar-refractivity contribution in [3.63, 3.8) is 0 Å². The van der Waals surface area contributed by atoms with Crippen LogP contribution in [-0.4, -0.2) is 53.2 Å². The van der Waals surface area contributed by atoms with E-state index < -0.39 is 0 Å². The van der Waals surface area contributed by atoms with Crippen LogP contribution in [0, 0.1) is 11.7 Å². The number of carbonyl (C=O) groups excluding carboxylic acids is 2. The number of nitrogen functional groups attached to an aromatic ring is 1. The number of nitrogens with two attached hydrogens (primary N) is 1. The third-order valence-corrected chi connectivity index (χ3v) is 4.56. The summed E-state index contributed by atoms with van der Waals surface area (Å²) < 4.78 is 19.4. The topological polar surface area (TPSA) is 90.5 Å². The summed E-state index contributed by atoms with van der Waals surface area (Å²) in [6, 6.07) is 5.69. The molecule has 26 heavy (non-hydrogen) atoms. The van der Waals surface area contributed by atoms with Gasteiger partial charge in [0.05, 0.1) is 17.4 Å². The summed E-state index contributed by atoms with van der Waals surface area (Å²) in [5.74, 6) is -0.732. The first kappa shape index (κ1) is 18.1. The van der Waals surface area contributed by atoms with E-state index >= 15 is 0 Å². The number of carbonyl (C=O) groups is 2. The molecule has 7 nitrogen and oxygen atoms in total. The molecule has 0 aliphatic carbocycles. The number of likely N-dealkylation sites (tertiary alicyclic amines) is 1. The van der Waals surface area contributed by atoms with Crippen molar-refractivity contribution in [3.8, 4) is 5.69 Å². The number of anilines is 1. The third kappa shape index (κ3) is 3.60. The molecular formula is C18H21FN4O3. The van der Waals surface area contributed by atoms with Gasteiger partial charge in [0.15, 0.2) is 5.78 Å². The minimum atomic E-state index is -0.362. The first-order chi connectivity index (χ1) is 12.5. The Hall–Kier alpha value is -2.74. The second kappa shape index (κ2) is 7.65. The quantitative estimate of drug-likeness (QED) is 0.819. The molecule has 3 rings (SSSR count). The Labute approximate surface area is 150 Å². The SMILES string of the molecule is COCC(=O)N1CCC[C@@H](C(=O)c2cnn(-c3ccc(F)cc3)c2N)C1. The van der Waals surface area contributed by atoms with Gasteiger partial charge in [-0.3, -0.25) is 9.59 Å². The molecule has 0 unspecified atom stereocenters. The highest BCUT2D eigenvalue weighted by molar-refractivity contribution is 6.02. The molecule has 0 bridgehead atoms. The van der Waals surface area contributed by atoms with E-state index in [0.29, 0.717) is 30.8 Å². The number of Topliss-reactive ketones (excluding diaryl/α,β-unsaturated/α-hetero) is 1. The summed E-state index contributed by atoms with van der Waals surface area (Å²) in [6.07, 6.45) is 2.87. The molecule has 138 valence electrons. The van der Waals surface area contributed by atoms with E-state index in [-0.39, 0.29) is 35.9 Å². The van der Waals surface area contributed by atoms with Crippen molar-refractivity contribution in [2.75, 3.05) is 32.5 Å². The van der Waals surface area contributed by atoms with Gasteiger partial charge < -0.3 is 15.4 Å². The van der Waals surface area contributed by atoms with Gasteiger partial charge >= 0.3 is 0 Å². The van der Waals surface area contributed by atoms with Crippen LogP contribution >= 0.6 is 0 Å². The zero-order chi connectivity index (χ0) is 18.7. The van der Waals surface area contributed by atoms with Crippen LogP contribution in [0.2, 0.25) is 0 Å². The number of methoxy groups -OCH3 is 1. The first-order valence-corrected chi connectivity index (χ1v) is 8.41. The predicted molar refractivity (Wildman–Crippen MR) is 93.4 cm³/mol. The second-order valence-corrected chi connectivity index (χ2v) is 6.31. The maximum Gasteiger partial charge on any atom is 0.248 e. The third-order valence-electron chi connectivity index (χ3n) is 4.56. The van der Waals surface area contributed by atoms with E-state index in [1.165, 1.54) is 30.1 Å². The van der Waals surface area contributed by atoms with Crippen LogP contribution in [-0.2, 0) is 9.53 Å². The number of piperidine rings is 1. The van der Waals surface area contributed by atoms with Crippen molar-refractivity contribution >= 4 is 17.5 Å². The van der Waals surface area contributed by atoms with Crippen LogP contribution in [0.1, 0.15) is 23.2 Å². The maximum atomic E-state index is 13.1. The van der Waals surface area contributed by atoms with Crippen molar-refractivity contribution in [1.82, 2.24) is 14.7 Å². The molecule has 0 saturated carbocycles. The number of aromatic nitrogens is 2. The molecule has 0 spiro atoms. The van der Waals surface area contributed by atoms with Crippen molar-refractivity contribution in [2.24, 2.45) is 5.92 Å². The number of benzene rings is 1. The summed E-state index contributed by atoms with van der Waals surface area (Å²) in [5.41, 5.74) is 7.00. The normalized spacial score (nSPS) is 17.3. The van der Waals surface area contributed by atoms with Crippen molar-refractivity contribution in [2.45, 2.75) is 12.8 Å². The van der Waals surface area contributed by atoms with Crippen molar-refractivity contribution in [3.05, 3.63) is 41.8 Å². The van der Waals surface area contributed by atoms with Crippen LogP contribution < -0.4 is 5.73 Å². The van der Waals surface area contributed by atoms with Gasteiger partial charge in [0.25, 0.3) is 0 Å². The van der Waals surface area contributed by atoms with E-state index in [1.54, 1.807) is 17.0 Å². The van der Waals surface area contributed by atoms with E-state index in [2.05, 4.69) is 5.10 Å². The highest BCUT2D eigenvalue weighted by Gasteiger charge is 2.31. The lowest BCUT2D eigenvalue weighted by molar-refractivity contribution is -0.136. The molecule has 1 aliphatic rings. The monoisotopic (exact) mass is 360 g/mol. The fourth-order valence-electron chi connectivity index (χ4n) is 3.19. The highest BCUT2D eigenvalue weighted by Crippen LogP contribution is 2.25. The number of hydrogen-bond donors (Lipinski definition) is 1. The minimum Gasteiger partial charge on any atom is -0.383 e. The lowest BCUT2D eigenvalue weighted by atomic mass is 9.90. The standard InChI is InChI=1S/C18H21FN4O3/c1-26-11-16(24)22-8-2-3-12(10-22)17(25)15-9-21-23(18(15)20)14-6-4-13(19)5-7-14/h4-7,9,12H,2-3,8,10-11,20H2,1H3/t12-/m1/s1. The van der Waals surface area contributed by atoms with E-state index in [9.17, 15) is 14.0 Å². The van der Waals surface area contributed by atoms with Gasteiger partial charge in [-0.2, -0.15) is 5.10 Å². The molecule has 0 radical (unpaired) electrons. The minimum absolute atomic E-state index is 0.00550. The van der Waals surface area contributed by atoms with Gasteiger partial charge in [-0.1, -0.05) is 0 Å². The van der Waals surface area contributed by atoms with Crippen molar-refractivity contribution < 1.29 is 18.7 Å². The average Bonchev–Trinajstić information content (AvgIpc) is 3.03. The molecule has 1 amide bonds. The van der Waals surface area contributed by atoms with Crippen LogP contribution in [0.3, 0.4) is 0 Å². The van der Waals surface area contributed by atoms with Gasteiger partial charge in [0.1, 0.15) is 18.2 Å². The fraction of sp³-hybridized carbons (Fsp3) is 0.389. The first-order valence-electron chi connectivity index (χ1n) is 8.41. The summed E-state index contributed by atoms with van der Waals surface area (Å²) in [5, 5.41) is 4.16. The van der Waals surface area contributed by atoms with Gasteiger partial charge in [0, 0.05) is 26.1 Å². The summed E-state index contributed by atoms with van der Waals surface area (Å²) in [6.45, 7) is 0.976. The molecule has 1 fully saturated rings.